The van der Waals surface area contributed by atoms with Crippen LogP contribution >= 0.6 is 0 Å². The van der Waals surface area contributed by atoms with Gasteiger partial charge in [0.25, 0.3) is 0 Å². The van der Waals surface area contributed by atoms with E-state index in [2.05, 4.69) is 61.5 Å². The second-order valence-corrected chi connectivity index (χ2v) is 16.6. The minimum atomic E-state index is -4.48. The van der Waals surface area contributed by atoms with Crippen LogP contribution in [0.4, 0.5) is 26.3 Å². The van der Waals surface area contributed by atoms with Crippen molar-refractivity contribution in [1.29, 1.82) is 0 Å². The van der Waals surface area contributed by atoms with Crippen LogP contribution in [0, 0.1) is 0 Å². The molecular weight excluding hydrogens is 671 g/mol. The molecule has 0 unspecified atom stereocenters. The van der Waals surface area contributed by atoms with E-state index in [1.165, 1.54) is 39.6 Å². The number of fused-ring (bicyclic) bond motifs is 2. The van der Waals surface area contributed by atoms with Crippen LogP contribution in [0.3, 0.4) is 0 Å². The lowest BCUT2D eigenvalue weighted by Crippen LogP contribution is -2.38. The molecule has 0 nitrogen and oxygen atoms in total. The van der Waals surface area contributed by atoms with E-state index in [0.29, 0.717) is 11.1 Å². The quantitative estimate of drug-likeness (QED) is 0.0991. The van der Waals surface area contributed by atoms with Gasteiger partial charge in [-0.25, -0.2) is 0 Å². The Bertz CT molecular complexity index is 1650. The van der Waals surface area contributed by atoms with Crippen molar-refractivity contribution in [3.8, 4) is 0 Å². The normalized spacial score (nSPS) is 18.9. The summed E-state index contributed by atoms with van der Waals surface area (Å²) >= 11 is 0. The minimum absolute atomic E-state index is 0.0260. The Balaban J connectivity index is 1.89. The summed E-state index contributed by atoms with van der Waals surface area (Å²) in [7, 11) is 0.113. The van der Waals surface area contributed by atoms with Gasteiger partial charge in [-0.1, -0.05) is 102 Å². The maximum absolute atomic E-state index is 13.8. The first-order valence-corrected chi connectivity index (χ1v) is 20.1. The lowest BCUT2D eigenvalue weighted by Gasteiger charge is -2.36. The van der Waals surface area contributed by atoms with Crippen LogP contribution in [0.5, 0.6) is 0 Å². The zero-order valence-corrected chi connectivity index (χ0v) is 32.6. The molecule has 2 radical (unpaired) electrons. The van der Waals surface area contributed by atoms with Gasteiger partial charge >= 0.3 is 12.4 Å². The zero-order chi connectivity index (χ0) is 37.6. The Morgan fingerprint density at radius 1 is 0.549 bits per heavy atom. The second-order valence-electron chi connectivity index (χ2n) is 15.3. The monoisotopic (exact) mass is 724 g/mol. The highest BCUT2D eigenvalue weighted by atomic mass is 28.2. The molecule has 51 heavy (non-hydrogen) atoms. The highest BCUT2D eigenvalue weighted by molar-refractivity contribution is 6.75. The van der Waals surface area contributed by atoms with Crippen molar-refractivity contribution in [1.82, 2.24) is 0 Å². The Hall–Kier alpha value is -2.80. The van der Waals surface area contributed by atoms with Gasteiger partial charge in [0, 0.05) is 0 Å². The van der Waals surface area contributed by atoms with Crippen molar-refractivity contribution >= 4 is 26.0 Å². The third-order valence-electron chi connectivity index (χ3n) is 13.6. The molecule has 0 aliphatic heterocycles. The number of hydrogen-bond donors (Lipinski definition) is 0. The molecule has 2 aliphatic carbocycles. The van der Waals surface area contributed by atoms with Crippen molar-refractivity contribution in [2.24, 2.45) is 0 Å². The van der Waals surface area contributed by atoms with Gasteiger partial charge in [-0.05, 0) is 144 Å². The highest BCUT2D eigenvalue weighted by Crippen LogP contribution is 2.62. The van der Waals surface area contributed by atoms with Crippen molar-refractivity contribution in [3.63, 3.8) is 0 Å². The van der Waals surface area contributed by atoms with Gasteiger partial charge in [-0.3, -0.25) is 0 Å². The van der Waals surface area contributed by atoms with Crippen LogP contribution in [0.15, 0.2) is 54.6 Å². The SMILES string of the molecule is CCC1(CC)CC(CC)(CC)c2c1cc1c(c2[Si]/C(=C/c2ccc(C(F)(F)F)cc2)c2ccc(C(F)(F)F)cc2)C(CC)(CC)CC1(CC)CC. The molecule has 0 fully saturated rings. The van der Waals surface area contributed by atoms with Crippen LogP contribution in [-0.2, 0) is 34.0 Å². The molecule has 276 valence electrons. The molecule has 0 aromatic heterocycles. The lowest BCUT2D eigenvalue weighted by atomic mass is 9.70. The third kappa shape index (κ3) is 6.56. The van der Waals surface area contributed by atoms with E-state index >= 15 is 0 Å². The van der Waals surface area contributed by atoms with Crippen LogP contribution < -0.4 is 5.19 Å². The van der Waals surface area contributed by atoms with Crippen LogP contribution in [0.1, 0.15) is 164 Å². The number of rotatable bonds is 12. The standard InChI is InChI=1S/C44H54F6Si/c1-9-39(10-2)27-41(13-5,14-6)36-33(39)26-34-37(42(15-7,16-8)28-40(34,11-3)12-4)38(36)51-35(30-19-23-32(24-20-30)44(48,49)50)25-29-17-21-31(22-18-29)43(45,46)47/h17-26H,9-16,27-28H2,1-8H3/b35-25+. The van der Waals surface area contributed by atoms with Gasteiger partial charge in [0.1, 0.15) is 9.52 Å². The van der Waals surface area contributed by atoms with E-state index < -0.39 is 23.5 Å². The summed E-state index contributed by atoms with van der Waals surface area (Å²) in [5, 5.41) is 2.19. The average molecular weight is 725 g/mol. The fraction of sp³-hybridized carbons (Fsp3) is 0.545. The van der Waals surface area contributed by atoms with Gasteiger partial charge in [-0.15, -0.1) is 0 Å². The second kappa shape index (κ2) is 14.2. The topological polar surface area (TPSA) is 0 Å². The molecule has 2 aliphatic rings. The predicted octanol–water partition coefficient (Wildman–Crippen LogP) is 13.3. The first-order valence-electron chi connectivity index (χ1n) is 19.1. The summed E-state index contributed by atoms with van der Waals surface area (Å²) in [6, 6.07) is 13.1. The van der Waals surface area contributed by atoms with Crippen molar-refractivity contribution in [3.05, 3.63) is 99.1 Å². The molecule has 0 atom stereocenters. The Morgan fingerprint density at radius 3 is 1.24 bits per heavy atom. The Labute approximate surface area is 304 Å². The number of alkyl halides is 6. The summed E-state index contributed by atoms with van der Waals surface area (Å²) in [4.78, 5) is 0. The van der Waals surface area contributed by atoms with E-state index in [-0.39, 0.29) is 31.2 Å². The first kappa shape index (κ1) is 39.4. The molecule has 7 heteroatoms. The van der Waals surface area contributed by atoms with E-state index in [0.717, 1.165) is 93.7 Å². The lowest BCUT2D eigenvalue weighted by molar-refractivity contribution is -0.138. The third-order valence-corrected chi connectivity index (χ3v) is 15.1. The molecule has 0 saturated carbocycles. The molecule has 0 heterocycles. The molecule has 5 rings (SSSR count). The van der Waals surface area contributed by atoms with E-state index in [4.69, 9.17) is 0 Å². The Morgan fingerprint density at radius 2 is 0.902 bits per heavy atom. The summed E-state index contributed by atoms with van der Waals surface area (Å²) in [6.07, 6.45) is 3.21. The van der Waals surface area contributed by atoms with Gasteiger partial charge in [-0.2, -0.15) is 26.3 Å². The largest absolute Gasteiger partial charge is 0.416 e. The number of hydrogen-bond acceptors (Lipinski definition) is 0. The minimum Gasteiger partial charge on any atom is -0.166 e. The smallest absolute Gasteiger partial charge is 0.166 e. The fourth-order valence-corrected chi connectivity index (χ4v) is 11.8. The van der Waals surface area contributed by atoms with Crippen LogP contribution in [0.2, 0.25) is 0 Å². The molecule has 0 N–H and O–H groups in total. The van der Waals surface area contributed by atoms with Crippen molar-refractivity contribution in [2.75, 3.05) is 0 Å². The average Bonchev–Trinajstić information content (AvgIpc) is 3.59. The fourth-order valence-electron chi connectivity index (χ4n) is 9.98. The van der Waals surface area contributed by atoms with Gasteiger partial charge in [0.15, 0.2) is 0 Å². The van der Waals surface area contributed by atoms with E-state index in [9.17, 15) is 26.3 Å². The number of halogens is 6. The molecule has 3 aromatic rings. The molecule has 0 bridgehead atoms. The van der Waals surface area contributed by atoms with Crippen LogP contribution in [0.25, 0.3) is 11.3 Å². The van der Waals surface area contributed by atoms with E-state index in [1.54, 1.807) is 12.1 Å². The van der Waals surface area contributed by atoms with Gasteiger partial charge < -0.3 is 0 Å². The summed E-state index contributed by atoms with van der Waals surface area (Å²) in [5.41, 5.74) is 5.60. The highest BCUT2D eigenvalue weighted by Gasteiger charge is 2.56. The van der Waals surface area contributed by atoms with E-state index in [1.807, 2.05) is 6.08 Å². The maximum atomic E-state index is 13.8. The molecule has 0 spiro atoms. The first-order chi connectivity index (χ1) is 24.0. The Kier molecular flexibility index (Phi) is 11.0. The summed E-state index contributed by atoms with van der Waals surface area (Å²) < 4.78 is 81.9. The molecule has 0 saturated heterocycles. The number of benzene rings is 3. The molecule has 0 amide bonds. The molecule has 3 aromatic carbocycles. The van der Waals surface area contributed by atoms with Gasteiger partial charge in [0.2, 0.25) is 0 Å². The predicted molar refractivity (Wildman–Crippen MR) is 201 cm³/mol. The van der Waals surface area contributed by atoms with Gasteiger partial charge in [0.05, 0.1) is 11.1 Å². The maximum Gasteiger partial charge on any atom is 0.416 e. The van der Waals surface area contributed by atoms with Crippen molar-refractivity contribution < 1.29 is 26.3 Å². The summed E-state index contributed by atoms with van der Waals surface area (Å²) in [5.74, 6) is 0. The van der Waals surface area contributed by atoms with Crippen LogP contribution in [-0.4, -0.2) is 9.52 Å². The van der Waals surface area contributed by atoms with Crippen molar-refractivity contribution in [2.45, 2.75) is 154 Å². The zero-order valence-electron chi connectivity index (χ0n) is 31.6. The summed E-state index contributed by atoms with van der Waals surface area (Å²) in [6.45, 7) is 18.5. The molecular formula is C44H54F6Si.